The van der Waals surface area contributed by atoms with Crippen molar-refractivity contribution in [1.29, 1.82) is 0 Å². The van der Waals surface area contributed by atoms with Crippen molar-refractivity contribution in [3.63, 3.8) is 0 Å². The lowest BCUT2D eigenvalue weighted by Crippen LogP contribution is -2.37. The largest absolute Gasteiger partial charge is 0.382 e. The molecule has 0 radical (unpaired) electrons. The van der Waals surface area contributed by atoms with Gasteiger partial charge in [0.05, 0.1) is 0 Å². The van der Waals surface area contributed by atoms with Crippen LogP contribution in [-0.4, -0.2) is 37.7 Å². The smallest absolute Gasteiger partial charge is 0.0478 e. The minimum atomic E-state index is 0.854. The lowest BCUT2D eigenvalue weighted by atomic mass is 9.92. The number of nitrogens with zero attached hydrogens (tertiary/aromatic N) is 1. The van der Waals surface area contributed by atoms with Gasteiger partial charge in [-0.05, 0) is 33.2 Å². The zero-order valence-electron chi connectivity index (χ0n) is 8.38. The van der Waals surface area contributed by atoms with Crippen LogP contribution in [0.1, 0.15) is 32.6 Å². The monoisotopic (exact) mass is 171 g/mol. The van der Waals surface area contributed by atoms with Crippen LogP contribution in [0.4, 0.5) is 0 Å². The molecule has 12 heavy (non-hydrogen) atoms. The van der Waals surface area contributed by atoms with Crippen LogP contribution in [-0.2, 0) is 4.74 Å². The van der Waals surface area contributed by atoms with Crippen molar-refractivity contribution >= 4 is 0 Å². The Balaban J connectivity index is 1.91. The lowest BCUT2D eigenvalue weighted by molar-refractivity contribution is 0.112. The van der Waals surface area contributed by atoms with E-state index in [1.807, 2.05) is 0 Å². The average Bonchev–Trinajstić information content (AvgIpc) is 1.95. The summed E-state index contributed by atoms with van der Waals surface area (Å²) in [5, 5.41) is 0. The Kier molecular flexibility index (Phi) is 4.62. The van der Waals surface area contributed by atoms with E-state index >= 15 is 0 Å². The predicted octanol–water partition coefficient (Wildman–Crippen LogP) is 1.90. The van der Waals surface area contributed by atoms with Crippen LogP contribution in [0.15, 0.2) is 0 Å². The minimum Gasteiger partial charge on any atom is -0.382 e. The van der Waals surface area contributed by atoms with Gasteiger partial charge >= 0.3 is 0 Å². The van der Waals surface area contributed by atoms with Crippen molar-refractivity contribution < 1.29 is 4.74 Å². The Morgan fingerprint density at radius 2 is 2.17 bits per heavy atom. The van der Waals surface area contributed by atoms with Crippen molar-refractivity contribution in [1.82, 2.24) is 4.90 Å². The van der Waals surface area contributed by atoms with Gasteiger partial charge in [-0.3, -0.25) is 0 Å². The third-order valence-electron chi connectivity index (χ3n) is 2.70. The van der Waals surface area contributed by atoms with Crippen molar-refractivity contribution in [2.75, 3.05) is 26.8 Å². The molecule has 0 aromatic heterocycles. The first-order valence-electron chi connectivity index (χ1n) is 5.12. The van der Waals surface area contributed by atoms with Gasteiger partial charge in [0.1, 0.15) is 0 Å². The summed E-state index contributed by atoms with van der Waals surface area (Å²) in [6.45, 7) is 5.03. The molecule has 1 rings (SSSR count). The topological polar surface area (TPSA) is 12.5 Å². The molecule has 0 aromatic carbocycles. The van der Waals surface area contributed by atoms with E-state index in [0.717, 1.165) is 19.3 Å². The van der Waals surface area contributed by atoms with Gasteiger partial charge in [-0.1, -0.05) is 6.42 Å². The maximum atomic E-state index is 5.29. The van der Waals surface area contributed by atoms with Crippen LogP contribution in [0.3, 0.4) is 0 Å². The Labute approximate surface area is 75.9 Å². The SMILES string of the molecule is CCOCCCN(C)C1CCC1. The Morgan fingerprint density at radius 1 is 1.42 bits per heavy atom. The van der Waals surface area contributed by atoms with Gasteiger partial charge in [0.25, 0.3) is 0 Å². The highest BCUT2D eigenvalue weighted by atomic mass is 16.5. The highest BCUT2D eigenvalue weighted by molar-refractivity contribution is 4.77. The zero-order valence-corrected chi connectivity index (χ0v) is 8.38. The maximum absolute atomic E-state index is 5.29. The molecule has 0 unspecified atom stereocenters. The zero-order chi connectivity index (χ0) is 8.81. The molecule has 1 saturated carbocycles. The molecular formula is C10H21NO. The fourth-order valence-electron chi connectivity index (χ4n) is 1.57. The molecule has 0 amide bonds. The molecule has 0 aromatic rings. The average molecular weight is 171 g/mol. The molecular weight excluding hydrogens is 150 g/mol. The van der Waals surface area contributed by atoms with Crippen molar-refractivity contribution in [2.45, 2.75) is 38.6 Å². The van der Waals surface area contributed by atoms with Crippen molar-refractivity contribution in [3.05, 3.63) is 0 Å². The fourth-order valence-corrected chi connectivity index (χ4v) is 1.57. The van der Waals surface area contributed by atoms with Crippen molar-refractivity contribution in [3.8, 4) is 0 Å². The van der Waals surface area contributed by atoms with E-state index in [0.29, 0.717) is 0 Å². The predicted molar refractivity (Wildman–Crippen MR) is 51.4 cm³/mol. The Hall–Kier alpha value is -0.0800. The molecule has 0 saturated heterocycles. The second kappa shape index (κ2) is 5.55. The van der Waals surface area contributed by atoms with E-state index < -0.39 is 0 Å². The van der Waals surface area contributed by atoms with E-state index in [-0.39, 0.29) is 0 Å². The molecule has 2 heteroatoms. The fraction of sp³-hybridized carbons (Fsp3) is 1.00. The van der Waals surface area contributed by atoms with Crippen LogP contribution >= 0.6 is 0 Å². The highest BCUT2D eigenvalue weighted by Gasteiger charge is 2.20. The van der Waals surface area contributed by atoms with Gasteiger partial charge in [0.2, 0.25) is 0 Å². The standard InChI is InChI=1S/C10H21NO/c1-3-12-9-5-8-11(2)10-6-4-7-10/h10H,3-9H2,1-2H3. The van der Waals surface area contributed by atoms with Gasteiger partial charge in [0, 0.05) is 25.8 Å². The van der Waals surface area contributed by atoms with Gasteiger partial charge in [0.15, 0.2) is 0 Å². The molecule has 0 aliphatic heterocycles. The van der Waals surface area contributed by atoms with Crippen LogP contribution in [0.2, 0.25) is 0 Å². The molecule has 72 valence electrons. The summed E-state index contributed by atoms with van der Waals surface area (Å²) in [5.41, 5.74) is 0. The van der Waals surface area contributed by atoms with Gasteiger partial charge < -0.3 is 9.64 Å². The second-order valence-corrected chi connectivity index (χ2v) is 3.62. The van der Waals surface area contributed by atoms with E-state index in [4.69, 9.17) is 4.74 Å². The summed E-state index contributed by atoms with van der Waals surface area (Å²) in [4.78, 5) is 2.47. The minimum absolute atomic E-state index is 0.854. The van der Waals surface area contributed by atoms with Crippen LogP contribution in [0, 0.1) is 0 Å². The second-order valence-electron chi connectivity index (χ2n) is 3.62. The molecule has 0 bridgehead atoms. The lowest BCUT2D eigenvalue weighted by Gasteiger charge is -2.34. The summed E-state index contributed by atoms with van der Waals surface area (Å²) >= 11 is 0. The number of rotatable bonds is 6. The van der Waals surface area contributed by atoms with Gasteiger partial charge in [-0.25, -0.2) is 0 Å². The van der Waals surface area contributed by atoms with Gasteiger partial charge in [-0.15, -0.1) is 0 Å². The molecule has 0 N–H and O–H groups in total. The maximum Gasteiger partial charge on any atom is 0.0478 e. The number of ether oxygens (including phenoxy) is 1. The van der Waals surface area contributed by atoms with E-state index in [1.54, 1.807) is 0 Å². The summed E-state index contributed by atoms with van der Waals surface area (Å²) < 4.78 is 5.29. The highest BCUT2D eigenvalue weighted by Crippen LogP contribution is 2.23. The molecule has 1 aliphatic rings. The van der Waals surface area contributed by atoms with E-state index in [9.17, 15) is 0 Å². The van der Waals surface area contributed by atoms with Crippen LogP contribution in [0.25, 0.3) is 0 Å². The Morgan fingerprint density at radius 3 is 2.67 bits per heavy atom. The molecule has 0 spiro atoms. The molecule has 1 fully saturated rings. The number of hydrogen-bond acceptors (Lipinski definition) is 2. The first kappa shape index (κ1) is 10.0. The summed E-state index contributed by atoms with van der Waals surface area (Å²) in [6, 6.07) is 0.881. The number of hydrogen-bond donors (Lipinski definition) is 0. The van der Waals surface area contributed by atoms with Crippen LogP contribution < -0.4 is 0 Å². The summed E-state index contributed by atoms with van der Waals surface area (Å²) in [6.07, 6.45) is 5.43. The molecule has 0 atom stereocenters. The Bertz CT molecular complexity index is 112. The molecule has 1 aliphatic carbocycles. The normalized spacial score (nSPS) is 18.2. The van der Waals surface area contributed by atoms with Crippen molar-refractivity contribution in [2.24, 2.45) is 0 Å². The third kappa shape index (κ3) is 3.11. The first-order chi connectivity index (χ1) is 5.84. The van der Waals surface area contributed by atoms with E-state index in [2.05, 4.69) is 18.9 Å². The van der Waals surface area contributed by atoms with Crippen LogP contribution in [0.5, 0.6) is 0 Å². The first-order valence-corrected chi connectivity index (χ1v) is 5.12. The van der Waals surface area contributed by atoms with Gasteiger partial charge in [-0.2, -0.15) is 0 Å². The quantitative estimate of drug-likeness (QED) is 0.566. The third-order valence-corrected chi connectivity index (χ3v) is 2.70. The summed E-state index contributed by atoms with van der Waals surface area (Å²) in [5.74, 6) is 0. The summed E-state index contributed by atoms with van der Waals surface area (Å²) in [7, 11) is 2.23. The molecule has 2 nitrogen and oxygen atoms in total. The van der Waals surface area contributed by atoms with E-state index in [1.165, 1.54) is 32.2 Å². The molecule has 0 heterocycles.